The lowest BCUT2D eigenvalue weighted by Gasteiger charge is -2.15. The molecule has 0 heterocycles. The van der Waals surface area contributed by atoms with Crippen molar-refractivity contribution in [2.24, 2.45) is 0 Å². The van der Waals surface area contributed by atoms with Gasteiger partial charge in [0, 0.05) is 17.3 Å². The van der Waals surface area contributed by atoms with Crippen molar-refractivity contribution >= 4 is 15.7 Å². The lowest BCUT2D eigenvalue weighted by Crippen LogP contribution is -2.27. The van der Waals surface area contributed by atoms with E-state index in [-0.39, 0.29) is 4.90 Å². The van der Waals surface area contributed by atoms with Crippen molar-refractivity contribution in [1.29, 1.82) is 0 Å². The minimum atomic E-state index is -3.71. The summed E-state index contributed by atoms with van der Waals surface area (Å²) >= 11 is 0. The highest BCUT2D eigenvalue weighted by atomic mass is 32.2. The van der Waals surface area contributed by atoms with Crippen LogP contribution in [0.15, 0.2) is 53.4 Å². The molecular weight excluding hydrogens is 279 g/mol. The molecule has 2 rings (SSSR count). The molecule has 0 aliphatic rings. The number of hydrogen-bond acceptors (Lipinski definition) is 3. The number of anilines is 1. The molecule has 2 aromatic carbocycles. The SMILES string of the molecule is CC(NS(=O)(=O)c1ccc(N)cc1)c1ccccc1F. The van der Waals surface area contributed by atoms with E-state index in [1.165, 1.54) is 30.3 Å². The van der Waals surface area contributed by atoms with E-state index in [1.54, 1.807) is 25.1 Å². The Hall–Kier alpha value is -1.92. The Bertz CT molecular complexity index is 699. The number of rotatable bonds is 4. The van der Waals surface area contributed by atoms with Gasteiger partial charge in [-0.05, 0) is 37.3 Å². The minimum absolute atomic E-state index is 0.0925. The van der Waals surface area contributed by atoms with Crippen LogP contribution in [0.3, 0.4) is 0 Å². The number of nitrogens with one attached hydrogen (secondary N) is 1. The standard InChI is InChI=1S/C14H15FN2O2S/c1-10(13-4-2-3-5-14(13)15)17-20(18,19)12-8-6-11(16)7-9-12/h2-10,17H,16H2,1H3. The van der Waals surface area contributed by atoms with Crippen molar-refractivity contribution in [3.63, 3.8) is 0 Å². The van der Waals surface area contributed by atoms with Crippen LogP contribution in [0, 0.1) is 5.82 Å². The highest BCUT2D eigenvalue weighted by Crippen LogP contribution is 2.19. The van der Waals surface area contributed by atoms with Gasteiger partial charge in [0.15, 0.2) is 0 Å². The summed E-state index contributed by atoms with van der Waals surface area (Å²) in [6.45, 7) is 1.59. The topological polar surface area (TPSA) is 72.2 Å². The van der Waals surface area contributed by atoms with Crippen molar-refractivity contribution in [3.8, 4) is 0 Å². The third-order valence-corrected chi connectivity index (χ3v) is 4.45. The Balaban J connectivity index is 2.24. The predicted octanol–water partition coefficient (Wildman–Crippen LogP) is 2.45. The van der Waals surface area contributed by atoms with Crippen LogP contribution in [0.25, 0.3) is 0 Å². The first-order chi connectivity index (χ1) is 9.40. The summed E-state index contributed by atoms with van der Waals surface area (Å²) in [6, 6.07) is 11.2. The lowest BCUT2D eigenvalue weighted by molar-refractivity contribution is 0.550. The van der Waals surface area contributed by atoms with Crippen LogP contribution < -0.4 is 10.5 Å². The fourth-order valence-electron chi connectivity index (χ4n) is 1.84. The van der Waals surface area contributed by atoms with Crippen LogP contribution in [-0.2, 0) is 10.0 Å². The van der Waals surface area contributed by atoms with E-state index in [0.29, 0.717) is 11.3 Å². The van der Waals surface area contributed by atoms with Gasteiger partial charge in [-0.25, -0.2) is 17.5 Å². The van der Waals surface area contributed by atoms with Gasteiger partial charge in [0.05, 0.1) is 4.90 Å². The van der Waals surface area contributed by atoms with E-state index >= 15 is 0 Å². The maximum Gasteiger partial charge on any atom is 0.241 e. The smallest absolute Gasteiger partial charge is 0.241 e. The molecule has 4 nitrogen and oxygen atoms in total. The van der Waals surface area contributed by atoms with Gasteiger partial charge in [0.2, 0.25) is 10.0 Å². The average Bonchev–Trinajstić information content (AvgIpc) is 2.39. The molecule has 106 valence electrons. The summed E-state index contributed by atoms with van der Waals surface area (Å²) in [5.41, 5.74) is 6.29. The van der Waals surface area contributed by atoms with E-state index in [0.717, 1.165) is 0 Å². The molecule has 0 aromatic heterocycles. The van der Waals surface area contributed by atoms with E-state index in [9.17, 15) is 12.8 Å². The van der Waals surface area contributed by atoms with Gasteiger partial charge in [-0.1, -0.05) is 18.2 Å². The molecule has 0 saturated carbocycles. The Kier molecular flexibility index (Phi) is 4.06. The minimum Gasteiger partial charge on any atom is -0.399 e. The van der Waals surface area contributed by atoms with Crippen LogP contribution in [0.1, 0.15) is 18.5 Å². The van der Waals surface area contributed by atoms with Crippen molar-refractivity contribution in [3.05, 3.63) is 59.9 Å². The molecule has 1 atom stereocenters. The summed E-state index contributed by atoms with van der Waals surface area (Å²) < 4.78 is 40.4. The molecule has 0 aliphatic heterocycles. The second-order valence-electron chi connectivity index (χ2n) is 4.43. The van der Waals surface area contributed by atoms with E-state index < -0.39 is 21.9 Å². The fraction of sp³-hybridized carbons (Fsp3) is 0.143. The van der Waals surface area contributed by atoms with Gasteiger partial charge in [-0.2, -0.15) is 0 Å². The third kappa shape index (κ3) is 3.15. The first-order valence-electron chi connectivity index (χ1n) is 6.02. The molecule has 3 N–H and O–H groups in total. The molecule has 0 bridgehead atoms. The van der Waals surface area contributed by atoms with Crippen LogP contribution in [0.5, 0.6) is 0 Å². The summed E-state index contributed by atoms with van der Waals surface area (Å²) in [5, 5.41) is 0. The summed E-state index contributed by atoms with van der Waals surface area (Å²) in [6.07, 6.45) is 0. The molecule has 0 amide bonds. The highest BCUT2D eigenvalue weighted by Gasteiger charge is 2.19. The molecular formula is C14H15FN2O2S. The molecule has 0 spiro atoms. The highest BCUT2D eigenvalue weighted by molar-refractivity contribution is 7.89. The predicted molar refractivity (Wildman–Crippen MR) is 76.0 cm³/mol. The van der Waals surface area contributed by atoms with Crippen molar-refractivity contribution < 1.29 is 12.8 Å². The zero-order chi connectivity index (χ0) is 14.8. The molecule has 6 heteroatoms. The lowest BCUT2D eigenvalue weighted by atomic mass is 10.1. The monoisotopic (exact) mass is 294 g/mol. The number of benzene rings is 2. The number of halogens is 1. The first kappa shape index (κ1) is 14.5. The number of sulfonamides is 1. The van der Waals surface area contributed by atoms with Crippen LogP contribution in [0.4, 0.5) is 10.1 Å². The zero-order valence-corrected chi connectivity index (χ0v) is 11.7. The van der Waals surface area contributed by atoms with Crippen molar-refractivity contribution in [1.82, 2.24) is 4.72 Å². The molecule has 0 saturated heterocycles. The maximum absolute atomic E-state index is 13.6. The maximum atomic E-state index is 13.6. The number of nitrogen functional groups attached to an aromatic ring is 1. The van der Waals surface area contributed by atoms with Gasteiger partial charge < -0.3 is 5.73 Å². The van der Waals surface area contributed by atoms with Gasteiger partial charge in [-0.15, -0.1) is 0 Å². The van der Waals surface area contributed by atoms with Gasteiger partial charge >= 0.3 is 0 Å². The van der Waals surface area contributed by atoms with Crippen molar-refractivity contribution in [2.75, 3.05) is 5.73 Å². The zero-order valence-electron chi connectivity index (χ0n) is 10.9. The Morgan fingerprint density at radius 1 is 1.10 bits per heavy atom. The molecule has 2 aromatic rings. The van der Waals surface area contributed by atoms with Crippen LogP contribution >= 0.6 is 0 Å². The second kappa shape index (κ2) is 5.60. The van der Waals surface area contributed by atoms with Crippen LogP contribution in [0.2, 0.25) is 0 Å². The summed E-state index contributed by atoms with van der Waals surface area (Å²) in [5.74, 6) is -0.444. The third-order valence-electron chi connectivity index (χ3n) is 2.89. The summed E-state index contributed by atoms with van der Waals surface area (Å²) in [7, 11) is -3.71. The first-order valence-corrected chi connectivity index (χ1v) is 7.51. The van der Waals surface area contributed by atoms with Gasteiger partial charge in [0.1, 0.15) is 5.82 Å². The average molecular weight is 294 g/mol. The molecule has 0 fully saturated rings. The molecule has 20 heavy (non-hydrogen) atoms. The second-order valence-corrected chi connectivity index (χ2v) is 6.15. The van der Waals surface area contributed by atoms with E-state index in [2.05, 4.69) is 4.72 Å². The molecule has 0 radical (unpaired) electrons. The quantitative estimate of drug-likeness (QED) is 0.851. The fourth-order valence-corrected chi connectivity index (χ4v) is 3.06. The number of nitrogens with two attached hydrogens (primary N) is 1. The van der Waals surface area contributed by atoms with Gasteiger partial charge in [-0.3, -0.25) is 0 Å². The molecule has 1 unspecified atom stereocenters. The van der Waals surface area contributed by atoms with Gasteiger partial charge in [0.25, 0.3) is 0 Å². The van der Waals surface area contributed by atoms with Crippen molar-refractivity contribution in [2.45, 2.75) is 17.9 Å². The van der Waals surface area contributed by atoms with E-state index in [4.69, 9.17) is 5.73 Å². The number of hydrogen-bond donors (Lipinski definition) is 2. The van der Waals surface area contributed by atoms with Crippen LogP contribution in [-0.4, -0.2) is 8.42 Å². The molecule has 0 aliphatic carbocycles. The Morgan fingerprint density at radius 2 is 1.70 bits per heavy atom. The summed E-state index contributed by atoms with van der Waals surface area (Å²) in [4.78, 5) is 0.0925. The van der Waals surface area contributed by atoms with E-state index in [1.807, 2.05) is 0 Å². The Morgan fingerprint density at radius 3 is 2.30 bits per heavy atom. The largest absolute Gasteiger partial charge is 0.399 e. The Labute approximate surface area is 117 Å². The normalized spacial score (nSPS) is 13.1.